The van der Waals surface area contributed by atoms with Crippen LogP contribution in [0.5, 0.6) is 0 Å². The Balaban J connectivity index is 1.86. The molecule has 9 heteroatoms. The van der Waals surface area contributed by atoms with E-state index in [1.807, 2.05) is 74.5 Å². The van der Waals surface area contributed by atoms with Crippen molar-refractivity contribution in [1.29, 1.82) is 0 Å². The molecular formula is C36H41NO8. The first-order valence-corrected chi connectivity index (χ1v) is 15.5. The lowest BCUT2D eigenvalue weighted by molar-refractivity contribution is -0.140. The molecule has 0 atom stereocenters. The number of rotatable bonds is 15. The predicted molar refractivity (Wildman–Crippen MR) is 167 cm³/mol. The summed E-state index contributed by atoms with van der Waals surface area (Å²) in [5.74, 6) is -2.80. The Kier molecular flexibility index (Phi) is 12.0. The number of hydrogen-bond acceptors (Lipinski definition) is 9. The molecule has 0 saturated carbocycles. The molecule has 2 heterocycles. The molecule has 0 fully saturated rings. The van der Waals surface area contributed by atoms with Gasteiger partial charge in [0, 0.05) is 17.3 Å². The number of esters is 3. The van der Waals surface area contributed by atoms with Crippen LogP contribution in [-0.2, 0) is 51.3 Å². The normalized spacial score (nSPS) is 16.1. The largest absolute Gasteiger partial charge is 0.481 e. The average Bonchev–Trinajstić information content (AvgIpc) is 3.33. The van der Waals surface area contributed by atoms with Crippen LogP contribution in [0, 0.1) is 5.92 Å². The van der Waals surface area contributed by atoms with Crippen LogP contribution in [0.2, 0.25) is 0 Å². The molecule has 0 aromatic heterocycles. The van der Waals surface area contributed by atoms with Crippen LogP contribution in [0.25, 0.3) is 0 Å². The van der Waals surface area contributed by atoms with Gasteiger partial charge in [-0.25, -0.2) is 14.4 Å². The van der Waals surface area contributed by atoms with Crippen LogP contribution in [0.3, 0.4) is 0 Å². The molecule has 0 amide bonds. The second-order valence-electron chi connectivity index (χ2n) is 10.5. The van der Waals surface area contributed by atoms with Gasteiger partial charge in [0.2, 0.25) is 5.76 Å². The average molecular weight is 616 g/mol. The Morgan fingerprint density at radius 1 is 0.733 bits per heavy atom. The molecule has 0 unspecified atom stereocenters. The Hall–Kier alpha value is -4.79. The smallest absolute Gasteiger partial charge is 0.383 e. The molecule has 0 saturated heterocycles. The minimum Gasteiger partial charge on any atom is -0.481 e. The number of nitrogens with one attached hydrogen (secondary N) is 1. The molecule has 2 aliphatic rings. The van der Waals surface area contributed by atoms with Crippen LogP contribution >= 0.6 is 0 Å². The lowest BCUT2D eigenvalue weighted by Gasteiger charge is -2.31. The van der Waals surface area contributed by atoms with Gasteiger partial charge in [0.25, 0.3) is 5.76 Å². The molecule has 0 bridgehead atoms. The van der Waals surface area contributed by atoms with E-state index in [4.69, 9.17) is 23.7 Å². The topological polar surface area (TPSA) is 109 Å². The van der Waals surface area contributed by atoms with Crippen molar-refractivity contribution < 1.29 is 38.1 Å². The fourth-order valence-corrected chi connectivity index (χ4v) is 5.19. The third-order valence-corrected chi connectivity index (χ3v) is 7.15. The van der Waals surface area contributed by atoms with E-state index in [9.17, 15) is 14.4 Å². The number of allylic oxidation sites excluding steroid dienone is 3. The summed E-state index contributed by atoms with van der Waals surface area (Å²) in [6, 6.07) is 18.9. The van der Waals surface area contributed by atoms with Crippen molar-refractivity contribution in [2.45, 2.75) is 66.6 Å². The monoisotopic (exact) mass is 615 g/mol. The first-order chi connectivity index (χ1) is 21.9. The van der Waals surface area contributed by atoms with Crippen LogP contribution in [0.1, 0.15) is 64.5 Å². The summed E-state index contributed by atoms with van der Waals surface area (Å²) in [5, 5.41) is 3.36. The van der Waals surface area contributed by atoms with Crippen molar-refractivity contribution in [3.05, 3.63) is 118 Å². The van der Waals surface area contributed by atoms with E-state index in [2.05, 4.69) is 5.32 Å². The molecule has 1 N–H and O–H groups in total. The maximum absolute atomic E-state index is 13.5. The van der Waals surface area contributed by atoms with Gasteiger partial charge >= 0.3 is 17.9 Å². The van der Waals surface area contributed by atoms with Gasteiger partial charge in [-0.2, -0.15) is 0 Å². The van der Waals surface area contributed by atoms with Gasteiger partial charge in [0.1, 0.15) is 13.2 Å². The lowest BCUT2D eigenvalue weighted by atomic mass is 9.82. The van der Waals surface area contributed by atoms with Gasteiger partial charge in [0.15, 0.2) is 5.76 Å². The van der Waals surface area contributed by atoms with E-state index >= 15 is 0 Å². The fraction of sp³-hybridized carbons (Fsp3) is 0.361. The lowest BCUT2D eigenvalue weighted by Crippen LogP contribution is -2.34. The van der Waals surface area contributed by atoms with Crippen molar-refractivity contribution in [3.63, 3.8) is 0 Å². The first-order valence-electron chi connectivity index (χ1n) is 15.5. The van der Waals surface area contributed by atoms with Gasteiger partial charge in [-0.05, 0) is 43.9 Å². The number of ether oxygens (including phenoxy) is 5. The van der Waals surface area contributed by atoms with E-state index in [-0.39, 0.29) is 54.9 Å². The molecule has 0 spiro atoms. The highest BCUT2D eigenvalue weighted by molar-refractivity contribution is 5.99. The summed E-state index contributed by atoms with van der Waals surface area (Å²) < 4.78 is 28.9. The van der Waals surface area contributed by atoms with Crippen molar-refractivity contribution >= 4 is 17.9 Å². The molecular weight excluding hydrogens is 574 g/mol. The first kappa shape index (κ1) is 33.1. The number of dihydropyridines is 1. The van der Waals surface area contributed by atoms with Gasteiger partial charge < -0.3 is 29.0 Å². The molecule has 45 heavy (non-hydrogen) atoms. The molecule has 2 aliphatic heterocycles. The summed E-state index contributed by atoms with van der Waals surface area (Å²) in [6.07, 6.45) is 4.12. The van der Waals surface area contributed by atoms with Crippen LogP contribution in [-0.4, -0.2) is 31.1 Å². The zero-order valence-electron chi connectivity index (χ0n) is 26.4. The predicted octanol–water partition coefficient (Wildman–Crippen LogP) is 6.53. The summed E-state index contributed by atoms with van der Waals surface area (Å²) in [4.78, 5) is 40.4. The Morgan fingerprint density at radius 3 is 1.64 bits per heavy atom. The number of hydrogen-bond donors (Lipinski definition) is 1. The zero-order valence-corrected chi connectivity index (χ0v) is 26.4. The minimum atomic E-state index is -0.945. The van der Waals surface area contributed by atoms with Crippen molar-refractivity contribution in [2.75, 3.05) is 13.2 Å². The summed E-state index contributed by atoms with van der Waals surface area (Å²) in [6.45, 7) is 7.96. The second kappa shape index (κ2) is 16.3. The molecule has 9 nitrogen and oxygen atoms in total. The molecule has 0 aliphatic carbocycles. The summed E-state index contributed by atoms with van der Waals surface area (Å²) >= 11 is 0. The number of carbonyl (C=O) groups excluding carboxylic acids is 3. The maximum Gasteiger partial charge on any atom is 0.383 e. The standard InChI is InChI=1S/C36H41NO8/c1-5-15-27-30(34(38)41-7-3)26(31(35(39)42-8-4)28(37-27)16-6-2)21-29-32(43-22-24-17-11-9-12-18-24)33(36(40)45-29)44-23-25-19-13-10-14-20-25/h9-14,17-21,26,37H,5-8,15-16,22-23H2,1-4H3/b29-21-. The van der Waals surface area contributed by atoms with E-state index < -0.39 is 23.8 Å². The van der Waals surface area contributed by atoms with Crippen LogP contribution < -0.4 is 5.32 Å². The molecule has 2 aromatic carbocycles. The molecule has 4 rings (SSSR count). The van der Waals surface area contributed by atoms with E-state index in [1.165, 1.54) is 0 Å². The zero-order chi connectivity index (χ0) is 32.2. The molecule has 2 aromatic rings. The van der Waals surface area contributed by atoms with Gasteiger partial charge in [-0.3, -0.25) is 0 Å². The van der Waals surface area contributed by atoms with Gasteiger partial charge in [-0.15, -0.1) is 0 Å². The van der Waals surface area contributed by atoms with E-state index in [0.717, 1.165) is 24.0 Å². The third-order valence-electron chi connectivity index (χ3n) is 7.15. The van der Waals surface area contributed by atoms with Crippen LogP contribution in [0.15, 0.2) is 107 Å². The minimum absolute atomic E-state index is 0.0428. The van der Waals surface area contributed by atoms with Crippen LogP contribution in [0.4, 0.5) is 0 Å². The maximum atomic E-state index is 13.5. The SMILES string of the molecule is CCCC1=C(C(=O)OCC)C(/C=C2\OC(=O)C(OCc3ccccc3)=C2OCc2ccccc2)C(C(=O)OCC)=C(CCC)N1. The number of benzene rings is 2. The molecule has 0 radical (unpaired) electrons. The van der Waals surface area contributed by atoms with Gasteiger partial charge in [0.05, 0.1) is 24.4 Å². The van der Waals surface area contributed by atoms with E-state index in [0.29, 0.717) is 24.2 Å². The van der Waals surface area contributed by atoms with E-state index in [1.54, 1.807) is 19.9 Å². The Labute approximate surface area is 264 Å². The Morgan fingerprint density at radius 2 is 1.20 bits per heavy atom. The Bertz CT molecular complexity index is 1440. The fourth-order valence-electron chi connectivity index (χ4n) is 5.19. The third kappa shape index (κ3) is 8.23. The summed E-state index contributed by atoms with van der Waals surface area (Å²) in [5.41, 5.74) is 3.52. The molecule has 238 valence electrons. The van der Waals surface area contributed by atoms with Crippen molar-refractivity contribution in [2.24, 2.45) is 5.92 Å². The van der Waals surface area contributed by atoms with Crippen molar-refractivity contribution in [3.8, 4) is 0 Å². The van der Waals surface area contributed by atoms with Gasteiger partial charge in [-0.1, -0.05) is 87.4 Å². The second-order valence-corrected chi connectivity index (χ2v) is 10.5. The number of carbonyl (C=O) groups is 3. The highest BCUT2D eigenvalue weighted by Crippen LogP contribution is 2.39. The highest BCUT2D eigenvalue weighted by Gasteiger charge is 2.41. The quantitative estimate of drug-likeness (QED) is 0.177. The highest BCUT2D eigenvalue weighted by atomic mass is 16.6. The van der Waals surface area contributed by atoms with Crippen molar-refractivity contribution in [1.82, 2.24) is 5.32 Å². The number of cyclic esters (lactones) is 1. The summed E-state index contributed by atoms with van der Waals surface area (Å²) in [7, 11) is 0.